The second-order valence-corrected chi connectivity index (χ2v) is 34.9. The SMILES string of the molecule is C=CC(=O)N1[C@H](C)CN(c2nc(=O)n3c4c(c(-c5ccc(F)cc5)c(C)cc24)SCC(n2cccn2)C3)C[C@@H]1C.C=CC(=O)N1[C@H](C)CN(c2nc(=O)n3c4c(c(-c5ccc(F)cc5)c(C)cc24)SCC(n2ccnc2)C3)C[C@@H]1C.C=CC(=O)N1[C@H](C)CN(c2nc(=O)n3c4c(c(-c5ccc(F)cc5)c(C)cc24)SCC(n2ccnn2)C3)C[C@@H]1C. The van der Waals surface area contributed by atoms with E-state index in [1.165, 1.54) is 54.6 Å². The van der Waals surface area contributed by atoms with Crippen LogP contribution >= 0.6 is 35.3 Å². The second-order valence-electron chi connectivity index (χ2n) is 31.8. The third-order valence-electron chi connectivity index (χ3n) is 23.6. The molecule has 12 heterocycles. The molecule has 0 bridgehead atoms. The lowest BCUT2D eigenvalue weighted by atomic mass is 9.97. The zero-order chi connectivity index (χ0) is 84.4. The molecule has 120 heavy (non-hydrogen) atoms. The number of rotatable bonds is 12. The summed E-state index contributed by atoms with van der Waals surface area (Å²) in [5, 5.41) is 15.3. The molecule has 0 spiro atoms. The highest BCUT2D eigenvalue weighted by atomic mass is 32.2. The Morgan fingerprint density at radius 3 is 1.06 bits per heavy atom. The van der Waals surface area contributed by atoms with E-state index in [-0.39, 0.29) is 107 Å². The van der Waals surface area contributed by atoms with Crippen LogP contribution < -0.4 is 31.8 Å². The number of nitrogens with zero attached hydrogens (tertiary/aromatic N) is 19. The molecule has 0 N–H and O–H groups in total. The highest BCUT2D eigenvalue weighted by molar-refractivity contribution is 8.00. The van der Waals surface area contributed by atoms with E-state index in [1.54, 1.807) is 115 Å². The summed E-state index contributed by atoms with van der Waals surface area (Å²) >= 11 is 5.07. The Hall–Kier alpha value is -11.8. The van der Waals surface area contributed by atoms with Crippen molar-refractivity contribution < 1.29 is 27.6 Å². The molecular formula is C89H92F3N19O6S3. The number of amides is 3. The summed E-state index contributed by atoms with van der Waals surface area (Å²) in [5.74, 6) is 2.83. The Morgan fingerprint density at radius 1 is 0.425 bits per heavy atom. The fraction of sp³-hybridized carbons (Fsp3) is 0.337. The lowest BCUT2D eigenvalue weighted by molar-refractivity contribution is -0.131. The molecule has 0 saturated carbocycles. The molecule has 9 atom stereocenters. The molecule has 3 saturated heterocycles. The van der Waals surface area contributed by atoms with Crippen LogP contribution in [0.4, 0.5) is 30.6 Å². The van der Waals surface area contributed by atoms with Crippen molar-refractivity contribution in [2.24, 2.45) is 0 Å². The van der Waals surface area contributed by atoms with E-state index in [9.17, 15) is 41.9 Å². The summed E-state index contributed by atoms with van der Waals surface area (Å²) in [5.41, 5.74) is 10.2. The van der Waals surface area contributed by atoms with Crippen LogP contribution in [0.3, 0.4) is 0 Å². The molecule has 6 aliphatic rings. The number of benzene rings is 6. The third kappa shape index (κ3) is 15.4. The van der Waals surface area contributed by atoms with Gasteiger partial charge in [-0.25, -0.2) is 37.2 Å². The first-order valence-corrected chi connectivity index (χ1v) is 43.1. The number of aryl methyl sites for hydroxylation is 3. The standard InChI is InChI=1S/2C30H31FN6O2S.C29H30FN7O2S/c1-5-25(38)37-19(3)14-34(15-20(37)4)29-24-13-18(2)26(21-7-9-22(31)10-8-21)28-27(24)35(30(39)33-29)16-23(17-40-28)36-12-6-11-32-36;1-5-25(38)37-19(3)13-35(14-20(37)4)29-24-12-18(2)26(21-6-8-22(31)9-7-21)28-27(24)36(30(39)33-29)15-23(16-40-28)34-11-10-32-17-34;1-5-24(38)37-18(3)13-34(14-19(37)4)28-23-12-17(2)25(20-6-8-21(30)9-7-20)27-26(23)35(29(39)32-28)15-22(16-40-27)36-11-10-31-33-36/h5-13,19-20,23H,1,14-17H2,2-4H3;5-12,17,19-20,23H,1,13-16H2,2-4H3;5-12,18-19,22H,1,13-16H2,2-4H3/t2*19-,20+,23?;18-,19+,22?. The number of piperazine rings is 3. The molecule has 31 heteroatoms. The summed E-state index contributed by atoms with van der Waals surface area (Å²) in [6.45, 7) is 33.7. The number of anilines is 3. The van der Waals surface area contributed by atoms with Gasteiger partial charge < -0.3 is 34.0 Å². The largest absolute Gasteiger partial charge is 0.352 e. The third-order valence-corrected chi connectivity index (χ3v) is 27.3. The van der Waals surface area contributed by atoms with E-state index >= 15 is 0 Å². The van der Waals surface area contributed by atoms with E-state index in [0.29, 0.717) is 87.9 Å². The predicted octanol–water partition coefficient (Wildman–Crippen LogP) is 13.4. The minimum absolute atomic E-state index is 0.00308. The zero-order valence-electron chi connectivity index (χ0n) is 68.1. The highest BCUT2D eigenvalue weighted by Gasteiger charge is 2.40. The van der Waals surface area contributed by atoms with Gasteiger partial charge in [0.05, 0.1) is 60.3 Å². The van der Waals surface area contributed by atoms with Crippen molar-refractivity contribution in [2.45, 2.75) is 151 Å². The van der Waals surface area contributed by atoms with E-state index in [2.05, 4.69) is 102 Å². The van der Waals surface area contributed by atoms with Gasteiger partial charge in [0.2, 0.25) is 17.7 Å². The van der Waals surface area contributed by atoms with Crippen molar-refractivity contribution in [3.05, 3.63) is 244 Å². The van der Waals surface area contributed by atoms with Gasteiger partial charge in [0.15, 0.2) is 0 Å². The Kier molecular flexibility index (Phi) is 23.0. The topological polar surface area (TPSA) is 242 Å². The molecule has 6 aromatic carbocycles. The smallest absolute Gasteiger partial charge is 0.350 e. The predicted molar refractivity (Wildman–Crippen MR) is 467 cm³/mol. The van der Waals surface area contributed by atoms with Gasteiger partial charge in [-0.2, -0.15) is 20.1 Å². The van der Waals surface area contributed by atoms with E-state index in [1.807, 2.05) is 97.1 Å². The highest BCUT2D eigenvalue weighted by Crippen LogP contribution is 2.49. The van der Waals surface area contributed by atoms with Crippen LogP contribution in [0.25, 0.3) is 66.1 Å². The Balaban J connectivity index is 0.000000134. The molecule has 0 radical (unpaired) electrons. The van der Waals surface area contributed by atoms with Crippen molar-refractivity contribution >= 4 is 103 Å². The van der Waals surface area contributed by atoms with Gasteiger partial charge in [0, 0.05) is 178 Å². The number of carbonyl (C=O) groups excluding carboxylic acids is 3. The van der Waals surface area contributed by atoms with Gasteiger partial charge in [0.25, 0.3) is 0 Å². The molecular weight excluding hydrogens is 1580 g/mol. The average molecular weight is 1680 g/mol. The maximum Gasteiger partial charge on any atom is 0.350 e. The van der Waals surface area contributed by atoms with Crippen LogP contribution in [0.2, 0.25) is 0 Å². The van der Waals surface area contributed by atoms with Crippen LogP contribution in [-0.4, -0.2) is 188 Å². The van der Waals surface area contributed by atoms with Gasteiger partial charge in [-0.05, 0) is 175 Å². The lowest BCUT2D eigenvalue weighted by Crippen LogP contribution is -2.58. The van der Waals surface area contributed by atoms with Crippen molar-refractivity contribution in [2.75, 3.05) is 71.2 Å². The number of hydrogen-bond acceptors (Lipinski definition) is 19. The quantitative estimate of drug-likeness (QED) is 0.103. The maximum atomic E-state index is 13.9. The number of aromatic nitrogens is 13. The van der Waals surface area contributed by atoms with Crippen LogP contribution in [0, 0.1) is 38.2 Å². The van der Waals surface area contributed by atoms with Crippen LogP contribution in [0.5, 0.6) is 0 Å². The average Bonchev–Trinajstić information content (AvgIpc) is 1.16. The van der Waals surface area contributed by atoms with Crippen LogP contribution in [0.15, 0.2) is 208 Å². The van der Waals surface area contributed by atoms with Crippen molar-refractivity contribution in [3.63, 3.8) is 0 Å². The van der Waals surface area contributed by atoms with Gasteiger partial charge in [-0.15, -0.1) is 40.4 Å². The molecule has 12 aromatic rings. The van der Waals surface area contributed by atoms with E-state index in [0.717, 1.165) is 103 Å². The summed E-state index contributed by atoms with van der Waals surface area (Å²) in [6.07, 6.45) is 16.6. The number of imidazole rings is 1. The second kappa shape index (κ2) is 33.8. The monoisotopic (exact) mass is 1680 g/mol. The first kappa shape index (κ1) is 81.9. The molecule has 25 nitrogen and oxygen atoms in total. The molecule has 618 valence electrons. The van der Waals surface area contributed by atoms with Gasteiger partial charge >= 0.3 is 17.1 Å². The normalized spacial score (nSPS) is 20.9. The first-order valence-electron chi connectivity index (χ1n) is 40.1. The first-order chi connectivity index (χ1) is 57.8. The molecule has 18 rings (SSSR count). The summed E-state index contributed by atoms with van der Waals surface area (Å²) in [7, 11) is 0. The Bertz CT molecular complexity index is 5560. The minimum Gasteiger partial charge on any atom is -0.352 e. The Morgan fingerprint density at radius 2 is 0.758 bits per heavy atom. The molecule has 3 fully saturated rings. The molecule has 6 aromatic heterocycles. The van der Waals surface area contributed by atoms with E-state index in [4.69, 9.17) is 0 Å². The van der Waals surface area contributed by atoms with Crippen molar-refractivity contribution in [1.82, 2.24) is 77.7 Å². The summed E-state index contributed by atoms with van der Waals surface area (Å²) in [6, 6.07) is 27.1. The lowest BCUT2D eigenvalue weighted by Gasteiger charge is -2.44. The number of halogens is 3. The van der Waals surface area contributed by atoms with Crippen molar-refractivity contribution in [1.29, 1.82) is 0 Å². The molecule has 3 amide bonds. The summed E-state index contributed by atoms with van der Waals surface area (Å²) < 4.78 is 52.6. The zero-order valence-corrected chi connectivity index (χ0v) is 70.6. The maximum absolute atomic E-state index is 13.9. The van der Waals surface area contributed by atoms with Crippen LogP contribution in [-0.2, 0) is 34.0 Å². The minimum atomic E-state index is -0.338. The van der Waals surface area contributed by atoms with E-state index < -0.39 is 0 Å². The summed E-state index contributed by atoms with van der Waals surface area (Å²) in [4.78, 5) is 112. The van der Waals surface area contributed by atoms with Crippen LogP contribution in [0.1, 0.15) is 76.4 Å². The fourth-order valence-corrected chi connectivity index (χ4v) is 22.7. The number of thioether (sulfide) groups is 3. The van der Waals surface area contributed by atoms with Gasteiger partial charge in [-0.3, -0.25) is 32.8 Å². The number of hydrogen-bond donors (Lipinski definition) is 0. The number of carbonyl (C=O) groups is 3. The Labute approximate surface area is 703 Å². The van der Waals surface area contributed by atoms with Gasteiger partial charge in [0.1, 0.15) is 34.9 Å². The molecule has 3 unspecified atom stereocenters. The van der Waals surface area contributed by atoms with Gasteiger partial charge in [-0.1, -0.05) is 61.3 Å². The fourth-order valence-electron chi connectivity index (χ4n) is 18.5. The molecule has 6 aliphatic heterocycles. The van der Waals surface area contributed by atoms with Crippen molar-refractivity contribution in [3.8, 4) is 33.4 Å². The molecule has 0 aliphatic carbocycles.